The summed E-state index contributed by atoms with van der Waals surface area (Å²) in [6, 6.07) is -0.470. The Morgan fingerprint density at radius 3 is 1.93 bits per heavy atom. The molecular weight excluding hydrogens is 390 g/mol. The Balaban J connectivity index is 0.000000567. The molecule has 2 atom stereocenters. The van der Waals surface area contributed by atoms with Gasteiger partial charge in [0.05, 0.1) is 12.5 Å². The number of piperidine rings is 2. The zero-order valence-electron chi connectivity index (χ0n) is 17.0. The molecule has 2 aliphatic heterocycles. The first-order valence-electron chi connectivity index (χ1n) is 8.91. The zero-order valence-corrected chi connectivity index (χ0v) is 17.8. The number of likely N-dealkylation sites (N-methyl/N-ethyl adjacent to an activating group) is 1. The van der Waals surface area contributed by atoms with Crippen LogP contribution in [0.15, 0.2) is 0 Å². The summed E-state index contributed by atoms with van der Waals surface area (Å²) in [5.74, 6) is -1.68. The van der Waals surface area contributed by atoms with Gasteiger partial charge in [-0.2, -0.15) is 0 Å². The minimum Gasteiger partial charge on any atom is -0.460 e. The van der Waals surface area contributed by atoms with Gasteiger partial charge in [-0.25, -0.2) is 0 Å². The summed E-state index contributed by atoms with van der Waals surface area (Å²) in [4.78, 5) is 58.5. The summed E-state index contributed by atoms with van der Waals surface area (Å²) < 4.78 is 5.16. The SMILES string of the molecule is CN1C(=O)CCC(CC(=O)OC(C)(C)C)C1=O.CN1C(=O)CCC(N)C1=O.Cl. The fourth-order valence-corrected chi connectivity index (χ4v) is 2.70. The number of esters is 1. The predicted molar refractivity (Wildman–Crippen MR) is 103 cm³/mol. The number of hydrogen-bond acceptors (Lipinski definition) is 7. The van der Waals surface area contributed by atoms with Crippen LogP contribution in [0.25, 0.3) is 0 Å². The van der Waals surface area contributed by atoms with E-state index in [1.807, 2.05) is 0 Å². The average Bonchev–Trinajstić information content (AvgIpc) is 2.56. The number of halogens is 1. The molecule has 160 valence electrons. The highest BCUT2D eigenvalue weighted by Gasteiger charge is 2.34. The Morgan fingerprint density at radius 1 is 1.00 bits per heavy atom. The number of likely N-dealkylation sites (tertiary alicyclic amines) is 2. The molecule has 2 N–H and O–H groups in total. The molecule has 2 unspecified atom stereocenters. The minimum atomic E-state index is -0.545. The van der Waals surface area contributed by atoms with E-state index in [1.165, 1.54) is 14.1 Å². The van der Waals surface area contributed by atoms with E-state index in [-0.39, 0.29) is 42.5 Å². The number of hydrogen-bond donors (Lipinski definition) is 1. The second-order valence-electron chi connectivity index (χ2n) is 7.75. The number of carbonyl (C=O) groups excluding carboxylic acids is 5. The molecule has 2 heterocycles. The number of nitrogens with two attached hydrogens (primary N) is 1. The van der Waals surface area contributed by atoms with Crippen molar-refractivity contribution in [3.05, 3.63) is 0 Å². The smallest absolute Gasteiger partial charge is 0.307 e. The molecule has 0 aromatic carbocycles. The topological polar surface area (TPSA) is 127 Å². The molecule has 0 saturated carbocycles. The Bertz CT molecular complexity index is 631. The molecule has 2 saturated heterocycles. The van der Waals surface area contributed by atoms with E-state index < -0.39 is 23.5 Å². The fraction of sp³-hybridized carbons (Fsp3) is 0.722. The third-order valence-corrected chi connectivity index (χ3v) is 4.28. The lowest BCUT2D eigenvalue weighted by Gasteiger charge is -2.28. The molecular formula is C18H30ClN3O6. The quantitative estimate of drug-likeness (QED) is 0.513. The van der Waals surface area contributed by atoms with Crippen molar-refractivity contribution in [1.82, 2.24) is 9.80 Å². The molecule has 0 radical (unpaired) electrons. The van der Waals surface area contributed by atoms with Crippen molar-refractivity contribution in [2.75, 3.05) is 14.1 Å². The molecule has 0 aromatic rings. The van der Waals surface area contributed by atoms with E-state index >= 15 is 0 Å². The molecule has 0 aromatic heterocycles. The molecule has 28 heavy (non-hydrogen) atoms. The van der Waals surface area contributed by atoms with Crippen molar-refractivity contribution < 1.29 is 28.7 Å². The highest BCUT2D eigenvalue weighted by molar-refractivity contribution is 6.00. The normalized spacial score (nSPS) is 22.9. The summed E-state index contributed by atoms with van der Waals surface area (Å²) in [7, 11) is 2.91. The van der Waals surface area contributed by atoms with Gasteiger partial charge in [0.1, 0.15) is 5.60 Å². The van der Waals surface area contributed by atoms with Crippen LogP contribution >= 0.6 is 12.4 Å². The van der Waals surface area contributed by atoms with Crippen LogP contribution in [0.4, 0.5) is 0 Å². The maximum absolute atomic E-state index is 11.7. The first-order chi connectivity index (χ1) is 12.3. The van der Waals surface area contributed by atoms with Crippen molar-refractivity contribution in [2.45, 2.75) is 64.5 Å². The molecule has 0 bridgehead atoms. The van der Waals surface area contributed by atoms with E-state index in [9.17, 15) is 24.0 Å². The zero-order chi connectivity index (χ0) is 20.9. The third-order valence-electron chi connectivity index (χ3n) is 4.28. The Morgan fingerprint density at radius 2 is 1.46 bits per heavy atom. The second kappa shape index (κ2) is 10.5. The van der Waals surface area contributed by atoms with Gasteiger partial charge in [0.25, 0.3) is 0 Å². The summed E-state index contributed by atoms with van der Waals surface area (Å²) in [5, 5.41) is 0. The Hall–Kier alpha value is -2.00. The first-order valence-corrected chi connectivity index (χ1v) is 8.91. The summed E-state index contributed by atoms with van der Waals surface area (Å²) >= 11 is 0. The number of ether oxygens (including phenoxy) is 1. The van der Waals surface area contributed by atoms with Crippen molar-refractivity contribution in [3.8, 4) is 0 Å². The van der Waals surface area contributed by atoms with Gasteiger partial charge in [-0.15, -0.1) is 12.4 Å². The molecule has 9 nitrogen and oxygen atoms in total. The van der Waals surface area contributed by atoms with Gasteiger partial charge in [0.2, 0.25) is 23.6 Å². The van der Waals surface area contributed by atoms with Crippen LogP contribution in [-0.4, -0.2) is 65.1 Å². The van der Waals surface area contributed by atoms with Crippen LogP contribution in [0.2, 0.25) is 0 Å². The van der Waals surface area contributed by atoms with Gasteiger partial charge in [-0.1, -0.05) is 0 Å². The second-order valence-corrected chi connectivity index (χ2v) is 7.75. The van der Waals surface area contributed by atoms with Gasteiger partial charge in [0.15, 0.2) is 0 Å². The van der Waals surface area contributed by atoms with Crippen LogP contribution in [0, 0.1) is 5.92 Å². The van der Waals surface area contributed by atoms with Crippen LogP contribution < -0.4 is 5.73 Å². The molecule has 10 heteroatoms. The Kier molecular flexibility index (Phi) is 9.77. The molecule has 2 fully saturated rings. The first kappa shape index (κ1) is 26.0. The summed E-state index contributed by atoms with van der Waals surface area (Å²) in [6.45, 7) is 5.34. The standard InChI is InChI=1S/C12H19NO4.C6H10N2O2.ClH/c1-12(2,3)17-10(15)7-8-5-6-9(14)13(4)11(8)16;1-8-5(9)3-2-4(7)6(8)10;/h8H,5-7H2,1-4H3;4H,2-3,7H2,1H3;1H. The fourth-order valence-electron chi connectivity index (χ4n) is 2.70. The van der Waals surface area contributed by atoms with E-state index in [0.29, 0.717) is 25.7 Å². The van der Waals surface area contributed by atoms with Crippen LogP contribution in [0.1, 0.15) is 52.9 Å². The van der Waals surface area contributed by atoms with Crippen molar-refractivity contribution >= 4 is 42.0 Å². The predicted octanol–water partition coefficient (Wildman–Crippen LogP) is 0.628. The van der Waals surface area contributed by atoms with Gasteiger partial charge in [-0.05, 0) is 33.6 Å². The highest BCUT2D eigenvalue weighted by Crippen LogP contribution is 2.22. The van der Waals surface area contributed by atoms with Gasteiger partial charge >= 0.3 is 5.97 Å². The van der Waals surface area contributed by atoms with E-state index in [2.05, 4.69) is 0 Å². The monoisotopic (exact) mass is 419 g/mol. The van der Waals surface area contributed by atoms with E-state index in [0.717, 1.165) is 9.80 Å². The lowest BCUT2D eigenvalue weighted by atomic mass is 9.94. The van der Waals surface area contributed by atoms with Crippen molar-refractivity contribution in [3.63, 3.8) is 0 Å². The van der Waals surface area contributed by atoms with E-state index in [1.54, 1.807) is 20.8 Å². The third kappa shape index (κ3) is 7.55. The van der Waals surface area contributed by atoms with Gasteiger partial charge in [0, 0.05) is 32.9 Å². The van der Waals surface area contributed by atoms with E-state index in [4.69, 9.17) is 10.5 Å². The lowest BCUT2D eigenvalue weighted by molar-refractivity contribution is -0.161. The van der Waals surface area contributed by atoms with Crippen LogP contribution in [0.3, 0.4) is 0 Å². The maximum Gasteiger partial charge on any atom is 0.307 e. The van der Waals surface area contributed by atoms with Gasteiger partial charge < -0.3 is 10.5 Å². The number of rotatable bonds is 2. The number of imide groups is 2. The molecule has 0 aliphatic carbocycles. The highest BCUT2D eigenvalue weighted by atomic mass is 35.5. The molecule has 4 amide bonds. The van der Waals surface area contributed by atoms with Crippen LogP contribution in [-0.2, 0) is 28.7 Å². The number of nitrogens with zero attached hydrogens (tertiary/aromatic N) is 2. The van der Waals surface area contributed by atoms with Crippen LogP contribution in [0.5, 0.6) is 0 Å². The molecule has 0 spiro atoms. The summed E-state index contributed by atoms with van der Waals surface area (Å²) in [5.41, 5.74) is 4.84. The van der Waals surface area contributed by atoms with Crippen molar-refractivity contribution in [2.24, 2.45) is 11.7 Å². The number of amides is 4. The Labute approximate surface area is 171 Å². The van der Waals surface area contributed by atoms with Gasteiger partial charge in [-0.3, -0.25) is 33.8 Å². The largest absolute Gasteiger partial charge is 0.460 e. The van der Waals surface area contributed by atoms with Crippen molar-refractivity contribution in [1.29, 1.82) is 0 Å². The number of carbonyl (C=O) groups is 5. The maximum atomic E-state index is 11.7. The lowest BCUT2D eigenvalue weighted by Crippen LogP contribution is -2.49. The molecule has 2 aliphatic rings. The summed E-state index contributed by atoms with van der Waals surface area (Å²) in [6.07, 6.45) is 1.68. The average molecular weight is 420 g/mol. The molecule has 2 rings (SSSR count). The minimum absolute atomic E-state index is 0.